The maximum Gasteiger partial charge on any atom is 0.303 e. The number of ether oxygens (including phenoxy) is 2. The van der Waals surface area contributed by atoms with Crippen LogP contribution in [-0.2, 0) is 11.4 Å². The summed E-state index contributed by atoms with van der Waals surface area (Å²) < 4.78 is 41.0. The second-order valence-electron chi connectivity index (χ2n) is 10.9. The van der Waals surface area contributed by atoms with Gasteiger partial charge in [-0.2, -0.15) is 0 Å². The molecule has 0 spiro atoms. The van der Waals surface area contributed by atoms with Crippen molar-refractivity contribution in [3.63, 3.8) is 0 Å². The first-order chi connectivity index (χ1) is 18.1. The van der Waals surface area contributed by atoms with Crippen LogP contribution in [0.1, 0.15) is 81.4 Å². The summed E-state index contributed by atoms with van der Waals surface area (Å²) >= 11 is 0. The molecule has 4 rings (SSSR count). The fourth-order valence-corrected chi connectivity index (χ4v) is 5.75. The van der Waals surface area contributed by atoms with Gasteiger partial charge in [0.15, 0.2) is 0 Å². The van der Waals surface area contributed by atoms with E-state index in [0.717, 1.165) is 36.0 Å². The Kier molecular flexibility index (Phi) is 8.39. The molecule has 0 amide bonds. The van der Waals surface area contributed by atoms with Crippen molar-refractivity contribution in [2.75, 3.05) is 7.11 Å². The Bertz CT molecular complexity index is 1300. The highest BCUT2D eigenvalue weighted by Crippen LogP contribution is 2.51. The molecule has 1 unspecified atom stereocenters. The van der Waals surface area contributed by atoms with Gasteiger partial charge in [-0.25, -0.2) is 8.78 Å². The number of aliphatic carboxylic acids is 1. The van der Waals surface area contributed by atoms with Gasteiger partial charge in [-0.15, -0.1) is 0 Å². The predicted molar refractivity (Wildman–Crippen MR) is 145 cm³/mol. The Morgan fingerprint density at radius 1 is 1.03 bits per heavy atom. The van der Waals surface area contributed by atoms with Crippen molar-refractivity contribution < 1.29 is 28.2 Å². The molecule has 38 heavy (non-hydrogen) atoms. The van der Waals surface area contributed by atoms with Gasteiger partial charge in [0.05, 0.1) is 13.5 Å². The van der Waals surface area contributed by atoms with E-state index in [1.54, 1.807) is 31.4 Å². The van der Waals surface area contributed by atoms with Crippen LogP contribution in [0, 0.1) is 17.0 Å². The number of carbonyl (C=O) groups is 1. The second kappa shape index (κ2) is 11.5. The average Bonchev–Trinajstić information content (AvgIpc) is 3.25. The van der Waals surface area contributed by atoms with Crippen molar-refractivity contribution in [1.82, 2.24) is 0 Å². The molecule has 0 bridgehead atoms. The summed E-state index contributed by atoms with van der Waals surface area (Å²) in [5.74, 6) is -0.760. The lowest BCUT2D eigenvalue weighted by atomic mass is 9.75. The molecule has 3 aromatic rings. The van der Waals surface area contributed by atoms with Crippen LogP contribution < -0.4 is 9.47 Å². The Morgan fingerprint density at radius 2 is 1.76 bits per heavy atom. The van der Waals surface area contributed by atoms with E-state index < -0.39 is 17.7 Å². The number of benzene rings is 3. The van der Waals surface area contributed by atoms with Gasteiger partial charge in [0, 0.05) is 5.56 Å². The van der Waals surface area contributed by atoms with E-state index in [9.17, 15) is 14.3 Å². The molecule has 0 aromatic heterocycles. The highest BCUT2D eigenvalue weighted by atomic mass is 19.1. The van der Waals surface area contributed by atoms with Crippen LogP contribution in [0.25, 0.3) is 11.1 Å². The van der Waals surface area contributed by atoms with Crippen molar-refractivity contribution in [2.45, 2.75) is 71.3 Å². The summed E-state index contributed by atoms with van der Waals surface area (Å²) in [5.41, 5.74) is 3.82. The predicted octanol–water partition coefficient (Wildman–Crippen LogP) is 8.48. The zero-order valence-corrected chi connectivity index (χ0v) is 22.5. The molecule has 0 radical (unpaired) electrons. The van der Waals surface area contributed by atoms with Crippen LogP contribution in [-0.4, -0.2) is 18.2 Å². The number of hydrogen-bond donors (Lipinski definition) is 1. The number of rotatable bonds is 10. The molecular weight excluding hydrogens is 486 g/mol. The molecule has 1 saturated carbocycles. The van der Waals surface area contributed by atoms with E-state index >= 15 is 4.39 Å². The normalized spacial score (nSPS) is 17.3. The maximum atomic E-state index is 15.0. The van der Waals surface area contributed by atoms with Crippen molar-refractivity contribution in [1.29, 1.82) is 0 Å². The molecule has 0 aliphatic heterocycles. The lowest BCUT2D eigenvalue weighted by Gasteiger charge is -2.30. The number of carboxylic acids is 1. The summed E-state index contributed by atoms with van der Waals surface area (Å²) in [7, 11) is 1.57. The molecule has 0 heterocycles. The molecule has 1 N–H and O–H groups in total. The van der Waals surface area contributed by atoms with E-state index in [4.69, 9.17) is 9.47 Å². The first-order valence-corrected chi connectivity index (χ1v) is 13.2. The number of methoxy groups -OCH3 is 1. The van der Waals surface area contributed by atoms with Gasteiger partial charge in [0.2, 0.25) is 0 Å². The third-order valence-corrected chi connectivity index (χ3v) is 7.94. The zero-order valence-electron chi connectivity index (χ0n) is 22.5. The molecule has 6 heteroatoms. The Balaban J connectivity index is 1.66. The fourth-order valence-electron chi connectivity index (χ4n) is 5.75. The van der Waals surface area contributed by atoms with E-state index in [-0.39, 0.29) is 30.2 Å². The minimum atomic E-state index is -0.961. The molecule has 3 aromatic carbocycles. The first kappa shape index (κ1) is 27.6. The Labute approximate surface area is 223 Å². The lowest BCUT2D eigenvalue weighted by molar-refractivity contribution is -0.137. The minimum Gasteiger partial charge on any atom is -0.497 e. The standard InChI is InChI=1S/C32H36F2O4/c1-5-21(16-31(35)36)25-18-23(10-13-29(25)33)38-19-20-8-11-24(27-17-22(37-4)9-12-30(27)34)26(15-20)28-7-6-14-32(28,2)3/h8-13,15,17-18,21,28H,5-7,14,16,19H2,1-4H3,(H,35,36)/t21-,28?/m1/s1. The van der Waals surface area contributed by atoms with E-state index in [1.165, 1.54) is 12.1 Å². The van der Waals surface area contributed by atoms with Crippen LogP contribution >= 0.6 is 0 Å². The number of halogens is 2. The van der Waals surface area contributed by atoms with Gasteiger partial charge >= 0.3 is 5.97 Å². The van der Waals surface area contributed by atoms with Gasteiger partial charge in [-0.3, -0.25) is 4.79 Å². The summed E-state index contributed by atoms with van der Waals surface area (Å²) in [6, 6.07) is 15.3. The zero-order chi connectivity index (χ0) is 27.4. The number of carboxylic acid groups (broad SMARTS) is 1. The molecular formula is C32H36F2O4. The van der Waals surface area contributed by atoms with Gasteiger partial charge in [-0.1, -0.05) is 45.4 Å². The largest absolute Gasteiger partial charge is 0.497 e. The van der Waals surface area contributed by atoms with E-state index in [0.29, 0.717) is 29.0 Å². The molecule has 0 saturated heterocycles. The minimum absolute atomic E-state index is 0.0781. The van der Waals surface area contributed by atoms with Crippen LogP contribution in [0.3, 0.4) is 0 Å². The third-order valence-electron chi connectivity index (χ3n) is 7.94. The Hall–Kier alpha value is -3.41. The lowest BCUT2D eigenvalue weighted by Crippen LogP contribution is -2.17. The topological polar surface area (TPSA) is 55.8 Å². The summed E-state index contributed by atoms with van der Waals surface area (Å²) in [6.45, 7) is 6.63. The van der Waals surface area contributed by atoms with Crippen LogP contribution in [0.5, 0.6) is 11.5 Å². The molecule has 2 atom stereocenters. The van der Waals surface area contributed by atoms with E-state index in [2.05, 4.69) is 19.9 Å². The monoisotopic (exact) mass is 522 g/mol. The van der Waals surface area contributed by atoms with Crippen molar-refractivity contribution in [3.8, 4) is 22.6 Å². The SMILES string of the molecule is CC[C@H](CC(=O)O)c1cc(OCc2ccc(-c3cc(OC)ccc3F)c(C3CCCC3(C)C)c2)ccc1F. The average molecular weight is 523 g/mol. The third kappa shape index (κ3) is 6.01. The Morgan fingerprint density at radius 3 is 2.42 bits per heavy atom. The van der Waals surface area contributed by atoms with Gasteiger partial charge < -0.3 is 14.6 Å². The first-order valence-electron chi connectivity index (χ1n) is 13.2. The second-order valence-corrected chi connectivity index (χ2v) is 10.9. The van der Waals surface area contributed by atoms with Crippen LogP contribution in [0.15, 0.2) is 54.6 Å². The fraction of sp³-hybridized carbons (Fsp3) is 0.406. The van der Waals surface area contributed by atoms with Gasteiger partial charge in [-0.05, 0) is 95.2 Å². The van der Waals surface area contributed by atoms with Crippen molar-refractivity contribution in [2.24, 2.45) is 5.41 Å². The quantitative estimate of drug-likeness (QED) is 0.290. The molecule has 1 aliphatic rings. The molecule has 1 aliphatic carbocycles. The molecule has 202 valence electrons. The van der Waals surface area contributed by atoms with Crippen LogP contribution in [0.4, 0.5) is 8.78 Å². The summed E-state index contributed by atoms with van der Waals surface area (Å²) in [4.78, 5) is 11.2. The van der Waals surface area contributed by atoms with E-state index in [1.807, 2.05) is 19.1 Å². The summed E-state index contributed by atoms with van der Waals surface area (Å²) in [5, 5.41) is 9.21. The van der Waals surface area contributed by atoms with Crippen molar-refractivity contribution >= 4 is 5.97 Å². The highest BCUT2D eigenvalue weighted by Gasteiger charge is 2.37. The van der Waals surface area contributed by atoms with Gasteiger partial charge in [0.25, 0.3) is 0 Å². The summed E-state index contributed by atoms with van der Waals surface area (Å²) in [6.07, 6.45) is 3.62. The van der Waals surface area contributed by atoms with Gasteiger partial charge in [0.1, 0.15) is 29.7 Å². The maximum absolute atomic E-state index is 15.0. The highest BCUT2D eigenvalue weighted by molar-refractivity contribution is 5.71. The van der Waals surface area contributed by atoms with Crippen molar-refractivity contribution in [3.05, 3.63) is 82.9 Å². The molecule has 1 fully saturated rings. The van der Waals surface area contributed by atoms with Crippen LogP contribution in [0.2, 0.25) is 0 Å². The molecule has 4 nitrogen and oxygen atoms in total. The smallest absolute Gasteiger partial charge is 0.303 e. The number of hydrogen-bond acceptors (Lipinski definition) is 3.